The zero-order chi connectivity index (χ0) is 19.1. The maximum Gasteiger partial charge on any atom is 0.255 e. The molecule has 3 heterocycles. The average molecular weight is 368 g/mol. The Morgan fingerprint density at radius 1 is 1.37 bits per heavy atom. The first-order valence-electron chi connectivity index (χ1n) is 9.28. The van der Waals surface area contributed by atoms with Crippen LogP contribution in [0.3, 0.4) is 0 Å². The summed E-state index contributed by atoms with van der Waals surface area (Å²) in [6, 6.07) is 5.54. The van der Waals surface area contributed by atoms with E-state index in [0.29, 0.717) is 35.1 Å². The van der Waals surface area contributed by atoms with E-state index < -0.39 is 0 Å². The van der Waals surface area contributed by atoms with Gasteiger partial charge in [0.1, 0.15) is 28.7 Å². The summed E-state index contributed by atoms with van der Waals surface area (Å²) >= 11 is 0. The molecule has 1 amide bonds. The lowest BCUT2D eigenvalue weighted by atomic mass is 10.0. The van der Waals surface area contributed by atoms with Gasteiger partial charge < -0.3 is 19.0 Å². The summed E-state index contributed by atoms with van der Waals surface area (Å²) in [5.74, 6) is 3.46. The predicted octanol–water partition coefficient (Wildman–Crippen LogP) is 3.21. The Balaban J connectivity index is 1.59. The first-order chi connectivity index (χ1) is 13.0. The minimum atomic E-state index is -0.118. The lowest BCUT2D eigenvalue weighted by Gasteiger charge is -2.26. The largest absolute Gasteiger partial charge is 0.497 e. The molecule has 3 aromatic rings. The van der Waals surface area contributed by atoms with Crippen LogP contribution in [0, 0.1) is 6.92 Å². The number of ether oxygens (including phenoxy) is 1. The number of hydrogen-bond donors (Lipinski definition) is 1. The highest BCUT2D eigenvalue weighted by Gasteiger charge is 2.27. The monoisotopic (exact) mass is 368 g/mol. The number of furan rings is 1. The van der Waals surface area contributed by atoms with Gasteiger partial charge >= 0.3 is 0 Å². The lowest BCUT2D eigenvalue weighted by molar-refractivity contribution is 0.0927. The Bertz CT molecular complexity index is 1000. The van der Waals surface area contributed by atoms with Gasteiger partial charge in [-0.05, 0) is 31.5 Å². The van der Waals surface area contributed by atoms with Gasteiger partial charge in [0, 0.05) is 30.3 Å². The first-order valence-corrected chi connectivity index (χ1v) is 9.28. The molecule has 0 fully saturated rings. The van der Waals surface area contributed by atoms with E-state index in [1.807, 2.05) is 25.1 Å². The zero-order valence-electron chi connectivity index (χ0n) is 16.1. The van der Waals surface area contributed by atoms with Crippen molar-refractivity contribution in [2.24, 2.45) is 0 Å². The van der Waals surface area contributed by atoms with E-state index >= 15 is 0 Å². The normalized spacial score (nSPS) is 16.6. The molecule has 0 bridgehead atoms. The summed E-state index contributed by atoms with van der Waals surface area (Å²) in [7, 11) is 1.61. The van der Waals surface area contributed by atoms with Gasteiger partial charge in [-0.15, -0.1) is 10.2 Å². The van der Waals surface area contributed by atoms with E-state index in [1.165, 1.54) is 0 Å². The van der Waals surface area contributed by atoms with Crippen molar-refractivity contribution >= 4 is 16.9 Å². The molecule has 1 aliphatic heterocycles. The van der Waals surface area contributed by atoms with Crippen molar-refractivity contribution in [2.75, 3.05) is 7.11 Å². The van der Waals surface area contributed by atoms with Crippen LogP contribution < -0.4 is 10.1 Å². The van der Waals surface area contributed by atoms with E-state index in [-0.39, 0.29) is 11.9 Å². The third-order valence-corrected chi connectivity index (χ3v) is 5.13. The van der Waals surface area contributed by atoms with Crippen molar-refractivity contribution in [3.63, 3.8) is 0 Å². The Labute approximate surface area is 157 Å². The molecule has 0 saturated carbocycles. The summed E-state index contributed by atoms with van der Waals surface area (Å²) in [4.78, 5) is 13.0. The number of amides is 1. The van der Waals surface area contributed by atoms with Crippen molar-refractivity contribution in [1.82, 2.24) is 20.1 Å². The molecule has 0 aliphatic carbocycles. The molecule has 1 aliphatic rings. The Kier molecular flexibility index (Phi) is 4.37. The topological polar surface area (TPSA) is 82.2 Å². The average Bonchev–Trinajstić information content (AvgIpc) is 3.20. The first kappa shape index (κ1) is 17.6. The smallest absolute Gasteiger partial charge is 0.255 e. The minimum absolute atomic E-state index is 0.0356. The molecule has 7 heteroatoms. The molecule has 7 nitrogen and oxygen atoms in total. The molecule has 1 unspecified atom stereocenters. The van der Waals surface area contributed by atoms with Gasteiger partial charge in [-0.25, -0.2) is 0 Å². The van der Waals surface area contributed by atoms with Crippen LogP contribution in [-0.4, -0.2) is 33.8 Å². The maximum atomic E-state index is 13.0. The van der Waals surface area contributed by atoms with Crippen molar-refractivity contribution in [1.29, 1.82) is 0 Å². The van der Waals surface area contributed by atoms with Crippen LogP contribution in [-0.2, 0) is 13.0 Å². The second-order valence-electron chi connectivity index (χ2n) is 7.34. The number of carbonyl (C=O) groups excluding carboxylic acids is 1. The second kappa shape index (κ2) is 6.72. The van der Waals surface area contributed by atoms with Crippen molar-refractivity contribution in [2.45, 2.75) is 52.1 Å². The van der Waals surface area contributed by atoms with E-state index in [1.54, 1.807) is 7.11 Å². The number of nitrogens with zero attached hydrogens (tertiary/aromatic N) is 3. The molecule has 1 N–H and O–H groups in total. The number of hydrogen-bond acceptors (Lipinski definition) is 5. The molecule has 1 atom stereocenters. The third kappa shape index (κ3) is 3.07. The highest BCUT2D eigenvalue weighted by Crippen LogP contribution is 2.29. The van der Waals surface area contributed by atoms with Crippen LogP contribution >= 0.6 is 0 Å². The van der Waals surface area contributed by atoms with Crippen LogP contribution in [0.15, 0.2) is 22.6 Å². The zero-order valence-corrected chi connectivity index (χ0v) is 16.1. The maximum absolute atomic E-state index is 13.0. The van der Waals surface area contributed by atoms with Crippen LogP contribution in [0.5, 0.6) is 5.75 Å². The van der Waals surface area contributed by atoms with E-state index in [2.05, 4.69) is 33.9 Å². The predicted molar refractivity (Wildman–Crippen MR) is 101 cm³/mol. The number of benzene rings is 1. The molecule has 0 spiro atoms. The summed E-state index contributed by atoms with van der Waals surface area (Å²) < 4.78 is 13.2. The number of methoxy groups -OCH3 is 1. The van der Waals surface area contributed by atoms with Crippen LogP contribution in [0.25, 0.3) is 11.0 Å². The number of nitrogens with one attached hydrogen (secondary N) is 1. The van der Waals surface area contributed by atoms with Gasteiger partial charge in [0.05, 0.1) is 12.7 Å². The van der Waals surface area contributed by atoms with Gasteiger partial charge in [-0.2, -0.15) is 0 Å². The van der Waals surface area contributed by atoms with Crippen LogP contribution in [0.4, 0.5) is 0 Å². The number of carbonyl (C=O) groups is 1. The highest BCUT2D eigenvalue weighted by atomic mass is 16.5. The van der Waals surface area contributed by atoms with Crippen molar-refractivity contribution in [3.8, 4) is 5.75 Å². The SMILES string of the molecule is COc1ccc2oc(C)c(C(=O)NC3CCc4nnc(C(C)C)n4C3)c2c1. The number of fused-ring (bicyclic) bond motifs is 2. The number of aryl methyl sites for hydroxylation is 2. The summed E-state index contributed by atoms with van der Waals surface area (Å²) in [6.07, 6.45) is 1.66. The van der Waals surface area contributed by atoms with E-state index in [4.69, 9.17) is 9.15 Å². The third-order valence-electron chi connectivity index (χ3n) is 5.13. The van der Waals surface area contributed by atoms with Crippen LogP contribution in [0.1, 0.15) is 54.0 Å². The van der Waals surface area contributed by atoms with Crippen molar-refractivity contribution in [3.05, 3.63) is 41.2 Å². The van der Waals surface area contributed by atoms with Gasteiger partial charge in [0.15, 0.2) is 0 Å². The fraction of sp³-hybridized carbons (Fsp3) is 0.450. The number of rotatable bonds is 4. The Morgan fingerprint density at radius 2 is 2.19 bits per heavy atom. The van der Waals surface area contributed by atoms with Gasteiger partial charge in [-0.3, -0.25) is 4.79 Å². The van der Waals surface area contributed by atoms with Gasteiger partial charge in [0.25, 0.3) is 5.91 Å². The summed E-state index contributed by atoms with van der Waals surface area (Å²) in [6.45, 7) is 6.72. The molecule has 2 aromatic heterocycles. The molecule has 4 rings (SSSR count). The minimum Gasteiger partial charge on any atom is -0.497 e. The standard InChI is InChI=1S/C20H24N4O3/c1-11(2)19-23-22-17-8-5-13(10-24(17)19)21-20(25)18-12(3)27-16-7-6-14(26-4)9-15(16)18/h6-7,9,11,13H,5,8,10H2,1-4H3,(H,21,25). The molecule has 1 aromatic carbocycles. The summed E-state index contributed by atoms with van der Waals surface area (Å²) in [5, 5.41) is 12.5. The summed E-state index contributed by atoms with van der Waals surface area (Å²) in [5.41, 5.74) is 1.26. The Morgan fingerprint density at radius 3 is 2.93 bits per heavy atom. The molecule has 142 valence electrons. The van der Waals surface area contributed by atoms with E-state index in [9.17, 15) is 4.79 Å². The molecular weight excluding hydrogens is 344 g/mol. The van der Waals surface area contributed by atoms with E-state index in [0.717, 1.165) is 29.9 Å². The molecule has 27 heavy (non-hydrogen) atoms. The molecule has 0 saturated heterocycles. The molecule has 0 radical (unpaired) electrons. The fourth-order valence-corrected chi connectivity index (χ4v) is 3.76. The lowest BCUT2D eigenvalue weighted by Crippen LogP contribution is -2.41. The molecular formula is C20H24N4O3. The second-order valence-corrected chi connectivity index (χ2v) is 7.34. The van der Waals surface area contributed by atoms with Crippen molar-refractivity contribution < 1.29 is 13.9 Å². The van der Waals surface area contributed by atoms with Gasteiger partial charge in [0.2, 0.25) is 0 Å². The quantitative estimate of drug-likeness (QED) is 0.765. The van der Waals surface area contributed by atoms with Crippen LogP contribution in [0.2, 0.25) is 0 Å². The Hall–Kier alpha value is -2.83. The fourth-order valence-electron chi connectivity index (χ4n) is 3.76. The highest BCUT2D eigenvalue weighted by molar-refractivity contribution is 6.07. The number of aromatic nitrogens is 3. The van der Waals surface area contributed by atoms with Gasteiger partial charge in [-0.1, -0.05) is 13.8 Å².